The summed E-state index contributed by atoms with van der Waals surface area (Å²) in [5, 5.41) is 2.29. The molecular weight excluding hydrogens is 483 g/mol. The Balaban J connectivity index is 1.57. The van der Waals surface area contributed by atoms with Gasteiger partial charge in [-0.2, -0.15) is 0 Å². The van der Waals surface area contributed by atoms with E-state index in [2.05, 4.69) is 5.32 Å². The van der Waals surface area contributed by atoms with Gasteiger partial charge in [-0.15, -0.1) is 0 Å². The van der Waals surface area contributed by atoms with E-state index in [0.717, 1.165) is 0 Å². The molecule has 3 aliphatic rings. The van der Waals surface area contributed by atoms with Crippen molar-refractivity contribution in [3.63, 3.8) is 0 Å². The third-order valence-electron chi connectivity index (χ3n) is 7.07. The van der Waals surface area contributed by atoms with Gasteiger partial charge in [0.1, 0.15) is 29.1 Å². The van der Waals surface area contributed by atoms with Gasteiger partial charge in [0.05, 0.1) is 20.3 Å². The number of carbonyl (C=O) groups excluding carboxylic acids is 2. The maximum atomic E-state index is 14.0. The van der Waals surface area contributed by atoms with Crippen LogP contribution in [0.5, 0.6) is 5.75 Å². The molecule has 3 aliphatic heterocycles. The van der Waals surface area contributed by atoms with Gasteiger partial charge in [0.25, 0.3) is 11.8 Å². The fourth-order valence-electron chi connectivity index (χ4n) is 5.18. The molecule has 4 heterocycles. The van der Waals surface area contributed by atoms with E-state index in [1.807, 2.05) is 6.92 Å². The maximum Gasteiger partial charge on any atom is 0.274 e. The van der Waals surface area contributed by atoms with E-state index in [-0.39, 0.29) is 24.0 Å². The minimum Gasteiger partial charge on any atom is -0.491 e. The first-order valence-electron chi connectivity index (χ1n) is 11.5. The fourth-order valence-corrected chi connectivity index (χ4v) is 5.18. The summed E-state index contributed by atoms with van der Waals surface area (Å²) in [6, 6.07) is 0.259. The van der Waals surface area contributed by atoms with Crippen molar-refractivity contribution in [3.8, 4) is 5.75 Å². The number of benzene rings is 1. The van der Waals surface area contributed by atoms with Crippen molar-refractivity contribution < 1.29 is 37.0 Å². The molecule has 5 rings (SSSR count). The van der Waals surface area contributed by atoms with Crippen LogP contribution in [0.2, 0.25) is 0 Å². The maximum absolute atomic E-state index is 14.0. The Morgan fingerprint density at radius 2 is 1.86 bits per heavy atom. The molecule has 0 radical (unpaired) electrons. The number of methoxy groups -OCH3 is 1. The van der Waals surface area contributed by atoms with Crippen molar-refractivity contribution >= 4 is 11.8 Å². The third kappa shape index (κ3) is 3.75. The highest BCUT2D eigenvalue weighted by molar-refractivity contribution is 5.99. The first-order chi connectivity index (χ1) is 17.2. The SMILES string of the molecule is COc1c2n(cc(C(=O)NCc3c(F)cc(F)cc3F)c1=O)[C@@H]1CN(C2=O)[C@@H](C)CCC12OCCO2. The summed E-state index contributed by atoms with van der Waals surface area (Å²) >= 11 is 0. The number of pyridine rings is 1. The molecule has 0 saturated carbocycles. The van der Waals surface area contributed by atoms with Crippen LogP contribution < -0.4 is 15.5 Å². The second kappa shape index (κ2) is 8.93. The van der Waals surface area contributed by atoms with Crippen molar-refractivity contribution in [3.05, 3.63) is 62.8 Å². The van der Waals surface area contributed by atoms with Crippen LogP contribution in [0.4, 0.5) is 13.2 Å². The highest BCUT2D eigenvalue weighted by Crippen LogP contribution is 2.44. The summed E-state index contributed by atoms with van der Waals surface area (Å²) in [7, 11) is 1.21. The minimum atomic E-state index is -1.18. The number of halogens is 3. The van der Waals surface area contributed by atoms with Crippen LogP contribution in [0.1, 0.15) is 52.2 Å². The lowest BCUT2D eigenvalue weighted by molar-refractivity contribution is -0.193. The Morgan fingerprint density at radius 1 is 1.19 bits per heavy atom. The fraction of sp³-hybridized carbons (Fsp3) is 0.458. The topological polar surface area (TPSA) is 99.1 Å². The summed E-state index contributed by atoms with van der Waals surface area (Å²) in [6.07, 6.45) is 2.32. The second-order valence-corrected chi connectivity index (χ2v) is 9.06. The molecule has 2 amide bonds. The van der Waals surface area contributed by atoms with Crippen molar-refractivity contribution in [1.29, 1.82) is 0 Å². The number of carbonyl (C=O) groups is 2. The molecule has 0 unspecified atom stereocenters. The van der Waals surface area contributed by atoms with E-state index in [9.17, 15) is 27.6 Å². The number of fused-ring (bicyclic) bond motifs is 5. The quantitative estimate of drug-likeness (QED) is 0.681. The van der Waals surface area contributed by atoms with Crippen LogP contribution in [-0.2, 0) is 16.0 Å². The first-order valence-corrected chi connectivity index (χ1v) is 11.5. The number of rotatable bonds is 4. The largest absolute Gasteiger partial charge is 0.491 e. The molecule has 0 aliphatic carbocycles. The lowest BCUT2D eigenvalue weighted by Crippen LogP contribution is -2.52. The van der Waals surface area contributed by atoms with Crippen LogP contribution in [0.3, 0.4) is 0 Å². The van der Waals surface area contributed by atoms with Gasteiger partial charge in [0, 0.05) is 49.4 Å². The Morgan fingerprint density at radius 3 is 2.50 bits per heavy atom. The Kier molecular flexibility index (Phi) is 6.03. The van der Waals surface area contributed by atoms with E-state index < -0.39 is 64.2 Å². The number of ether oxygens (including phenoxy) is 3. The Hall–Kier alpha value is -3.38. The molecule has 2 fully saturated rings. The van der Waals surface area contributed by atoms with Crippen molar-refractivity contribution in [2.45, 2.75) is 44.2 Å². The molecule has 1 N–H and O–H groups in total. The van der Waals surface area contributed by atoms with E-state index in [1.54, 1.807) is 4.90 Å². The number of aromatic nitrogens is 1. The second-order valence-electron chi connectivity index (χ2n) is 9.06. The van der Waals surface area contributed by atoms with Gasteiger partial charge in [-0.25, -0.2) is 13.2 Å². The van der Waals surface area contributed by atoms with Crippen LogP contribution in [0.15, 0.2) is 23.1 Å². The zero-order chi connectivity index (χ0) is 25.8. The summed E-state index contributed by atoms with van der Waals surface area (Å²) in [4.78, 5) is 41.3. The van der Waals surface area contributed by atoms with Gasteiger partial charge in [-0.05, 0) is 13.3 Å². The van der Waals surface area contributed by atoms with Gasteiger partial charge in [0.15, 0.2) is 17.2 Å². The lowest BCUT2D eigenvalue weighted by atomic mass is 9.99. The molecule has 36 heavy (non-hydrogen) atoms. The number of nitrogens with one attached hydrogen (secondary N) is 1. The summed E-state index contributed by atoms with van der Waals surface area (Å²) in [5.41, 5.74) is -1.85. The Labute approximate surface area is 203 Å². The van der Waals surface area contributed by atoms with Crippen LogP contribution in [-0.4, -0.2) is 60.0 Å². The highest BCUT2D eigenvalue weighted by Gasteiger charge is 2.53. The van der Waals surface area contributed by atoms with Crippen LogP contribution >= 0.6 is 0 Å². The van der Waals surface area contributed by atoms with Crippen LogP contribution in [0, 0.1) is 17.5 Å². The standard InChI is InChI=1S/C24H24F3N3O6/c1-12-3-4-24(35-5-6-36-24)18-11-29(12)23(33)19-21(34-2)20(31)15(10-30(18)19)22(32)28-9-14-16(26)7-13(25)8-17(14)27/h7-8,10,12,18H,3-6,9,11H2,1-2H3,(H,28,32)/t12-,18+/m0/s1. The highest BCUT2D eigenvalue weighted by atomic mass is 19.1. The molecule has 2 aromatic rings. The predicted octanol–water partition coefficient (Wildman–Crippen LogP) is 2.13. The molecule has 12 heteroatoms. The van der Waals surface area contributed by atoms with Gasteiger partial charge >= 0.3 is 0 Å². The number of hydrogen-bond acceptors (Lipinski definition) is 6. The molecule has 2 saturated heterocycles. The summed E-state index contributed by atoms with van der Waals surface area (Å²) in [6.45, 7) is 2.20. The molecule has 9 nitrogen and oxygen atoms in total. The summed E-state index contributed by atoms with van der Waals surface area (Å²) < 4.78 is 60.1. The minimum absolute atomic E-state index is 0.0295. The average molecular weight is 507 g/mol. The smallest absolute Gasteiger partial charge is 0.274 e. The predicted molar refractivity (Wildman–Crippen MR) is 118 cm³/mol. The lowest BCUT2D eigenvalue weighted by Gasteiger charge is -2.42. The molecular formula is C24H24F3N3O6. The van der Waals surface area contributed by atoms with Crippen molar-refractivity contribution in [2.24, 2.45) is 0 Å². The van der Waals surface area contributed by atoms with Gasteiger partial charge < -0.3 is 29.0 Å². The third-order valence-corrected chi connectivity index (χ3v) is 7.07. The molecule has 1 aromatic heterocycles. The van der Waals surface area contributed by atoms with Crippen molar-refractivity contribution in [2.75, 3.05) is 26.9 Å². The number of amides is 2. The first kappa shape index (κ1) is 24.3. The van der Waals surface area contributed by atoms with E-state index in [1.165, 1.54) is 17.9 Å². The zero-order valence-corrected chi connectivity index (χ0v) is 19.6. The monoisotopic (exact) mass is 507 g/mol. The molecule has 2 bridgehead atoms. The molecule has 1 spiro atoms. The normalized spacial score (nSPS) is 22.4. The van der Waals surface area contributed by atoms with E-state index >= 15 is 0 Å². The number of nitrogens with zero attached hydrogens (tertiary/aromatic N) is 2. The van der Waals surface area contributed by atoms with Crippen molar-refractivity contribution in [1.82, 2.24) is 14.8 Å². The number of hydrogen-bond donors (Lipinski definition) is 1. The van der Waals surface area contributed by atoms with Gasteiger partial charge in [-0.3, -0.25) is 14.4 Å². The Bertz CT molecular complexity index is 1280. The zero-order valence-electron chi connectivity index (χ0n) is 19.6. The molecule has 2 atom stereocenters. The van der Waals surface area contributed by atoms with Gasteiger partial charge in [0.2, 0.25) is 5.43 Å². The average Bonchev–Trinajstić information content (AvgIpc) is 3.27. The van der Waals surface area contributed by atoms with E-state index in [4.69, 9.17) is 14.2 Å². The van der Waals surface area contributed by atoms with Gasteiger partial charge in [-0.1, -0.05) is 0 Å². The molecule has 1 aromatic carbocycles. The van der Waals surface area contributed by atoms with Crippen LogP contribution in [0.25, 0.3) is 0 Å². The van der Waals surface area contributed by atoms with E-state index in [0.29, 0.717) is 38.2 Å². The molecule has 192 valence electrons. The summed E-state index contributed by atoms with van der Waals surface area (Å²) in [5.74, 6) is -6.22.